The number of aliphatic carboxylic acids is 2. The van der Waals surface area contributed by atoms with Crippen molar-refractivity contribution in [3.63, 3.8) is 0 Å². The fourth-order valence-corrected chi connectivity index (χ4v) is 2.95. The molecule has 3 amide bonds. The average Bonchev–Trinajstić information content (AvgIpc) is 2.79. The van der Waals surface area contributed by atoms with Crippen molar-refractivity contribution in [2.45, 2.75) is 75.5 Å². The van der Waals surface area contributed by atoms with E-state index in [2.05, 4.69) is 16.0 Å². The van der Waals surface area contributed by atoms with Crippen LogP contribution in [0.25, 0.3) is 0 Å². The lowest BCUT2D eigenvalue weighted by molar-refractivity contribution is -0.142. The highest BCUT2D eigenvalue weighted by Crippen LogP contribution is 2.07. The van der Waals surface area contributed by atoms with Crippen LogP contribution < -0.4 is 33.2 Å². The molecular weight excluding hydrogens is 452 g/mol. The van der Waals surface area contributed by atoms with Crippen LogP contribution in [0.15, 0.2) is 0 Å². The van der Waals surface area contributed by atoms with E-state index in [-0.39, 0.29) is 19.3 Å². The van der Waals surface area contributed by atoms with Gasteiger partial charge < -0.3 is 48.5 Å². The second kappa shape index (κ2) is 17.6. The minimum Gasteiger partial charge on any atom is -0.481 e. The van der Waals surface area contributed by atoms with Gasteiger partial charge in [-0.3, -0.25) is 19.2 Å². The summed E-state index contributed by atoms with van der Waals surface area (Å²) in [7, 11) is 0. The highest BCUT2D eigenvalue weighted by atomic mass is 16.4. The van der Waals surface area contributed by atoms with Crippen LogP contribution in [0.5, 0.6) is 0 Å². The fraction of sp³-hybridized carbons (Fsp3) is 0.750. The molecule has 0 aromatic rings. The molecule has 0 saturated heterocycles. The van der Waals surface area contributed by atoms with E-state index in [9.17, 15) is 29.1 Å². The van der Waals surface area contributed by atoms with Crippen molar-refractivity contribution in [2.75, 3.05) is 19.7 Å². The Morgan fingerprint density at radius 1 is 0.676 bits per heavy atom. The molecule has 34 heavy (non-hydrogen) atoms. The Hall–Kier alpha value is -2.81. The van der Waals surface area contributed by atoms with Gasteiger partial charge in [-0.15, -0.1) is 0 Å². The third-order valence-corrected chi connectivity index (χ3v) is 4.95. The molecule has 196 valence electrons. The van der Waals surface area contributed by atoms with Gasteiger partial charge in [0.25, 0.3) is 0 Å². The minimum absolute atomic E-state index is 0.139. The van der Waals surface area contributed by atoms with E-state index in [1.807, 2.05) is 0 Å². The molecule has 0 rings (SSSR count). The normalized spacial score (nSPS) is 14.4. The number of hydrogen-bond donors (Lipinski definition) is 9. The Morgan fingerprint density at radius 3 is 1.56 bits per heavy atom. The average molecular weight is 491 g/mol. The van der Waals surface area contributed by atoms with Gasteiger partial charge in [0.1, 0.15) is 24.2 Å². The first-order valence-electron chi connectivity index (χ1n) is 11.2. The number of nitrogens with one attached hydrogen (secondary N) is 3. The van der Waals surface area contributed by atoms with Crippen molar-refractivity contribution in [2.24, 2.45) is 17.2 Å². The van der Waals surface area contributed by atoms with Crippen LogP contribution in [0.4, 0.5) is 0 Å². The van der Waals surface area contributed by atoms with Gasteiger partial charge in [0, 0.05) is 6.42 Å². The molecule has 0 bridgehead atoms. The quantitative estimate of drug-likeness (QED) is 0.0822. The minimum atomic E-state index is -1.34. The largest absolute Gasteiger partial charge is 0.481 e. The van der Waals surface area contributed by atoms with Crippen LogP contribution in [0, 0.1) is 0 Å². The number of rotatable bonds is 19. The molecule has 14 heteroatoms. The highest BCUT2D eigenvalue weighted by Gasteiger charge is 2.30. The third kappa shape index (κ3) is 13.0. The van der Waals surface area contributed by atoms with Gasteiger partial charge in [-0.2, -0.15) is 0 Å². The molecule has 0 aromatic heterocycles. The predicted molar refractivity (Wildman–Crippen MR) is 121 cm³/mol. The fourth-order valence-electron chi connectivity index (χ4n) is 2.95. The molecular formula is C20H38N6O8. The molecule has 0 aromatic carbocycles. The highest BCUT2D eigenvalue weighted by molar-refractivity contribution is 5.94. The van der Waals surface area contributed by atoms with Crippen LogP contribution in [-0.2, 0) is 24.0 Å². The number of unbranched alkanes of at least 4 members (excludes halogenated alkanes) is 2. The van der Waals surface area contributed by atoms with Crippen molar-refractivity contribution in [3.05, 3.63) is 0 Å². The van der Waals surface area contributed by atoms with Crippen LogP contribution in [0.3, 0.4) is 0 Å². The Kier molecular flexibility index (Phi) is 16.2. The molecule has 4 unspecified atom stereocenters. The lowest BCUT2D eigenvalue weighted by atomic mass is 10.0. The van der Waals surface area contributed by atoms with Crippen molar-refractivity contribution >= 4 is 29.7 Å². The number of amides is 3. The Bertz CT molecular complexity index is 677. The smallest absolute Gasteiger partial charge is 0.326 e. The van der Waals surface area contributed by atoms with Crippen molar-refractivity contribution in [1.29, 1.82) is 0 Å². The first kappa shape index (κ1) is 31.2. The van der Waals surface area contributed by atoms with E-state index in [0.717, 1.165) is 0 Å². The van der Waals surface area contributed by atoms with Crippen molar-refractivity contribution in [1.82, 2.24) is 16.0 Å². The summed E-state index contributed by atoms with van der Waals surface area (Å²) < 4.78 is 0. The SMILES string of the molecule is NCCCCC(NC(=O)C(CCCCN)NC(=O)C(CCC(=O)O)NC(=O)C(N)CO)C(=O)O. The van der Waals surface area contributed by atoms with Crippen LogP contribution in [0.2, 0.25) is 0 Å². The zero-order chi connectivity index (χ0) is 26.1. The molecule has 0 heterocycles. The summed E-state index contributed by atoms with van der Waals surface area (Å²) in [4.78, 5) is 60.1. The van der Waals surface area contributed by atoms with Crippen molar-refractivity contribution < 1.29 is 39.3 Å². The second-order valence-electron chi connectivity index (χ2n) is 7.81. The lowest BCUT2D eigenvalue weighted by Gasteiger charge is -2.25. The molecule has 0 aliphatic rings. The van der Waals surface area contributed by atoms with E-state index in [1.165, 1.54) is 0 Å². The summed E-state index contributed by atoms with van der Waals surface area (Å²) >= 11 is 0. The van der Waals surface area contributed by atoms with Gasteiger partial charge >= 0.3 is 11.9 Å². The van der Waals surface area contributed by atoms with E-state index >= 15 is 0 Å². The van der Waals surface area contributed by atoms with E-state index in [0.29, 0.717) is 38.8 Å². The molecule has 0 aliphatic heterocycles. The van der Waals surface area contributed by atoms with Gasteiger partial charge in [-0.05, 0) is 58.0 Å². The Labute approximate surface area is 198 Å². The van der Waals surface area contributed by atoms with Crippen LogP contribution in [-0.4, -0.2) is 88.8 Å². The molecule has 14 nitrogen and oxygen atoms in total. The van der Waals surface area contributed by atoms with E-state index in [1.54, 1.807) is 0 Å². The van der Waals surface area contributed by atoms with Crippen LogP contribution in [0.1, 0.15) is 51.4 Å². The van der Waals surface area contributed by atoms with Gasteiger partial charge in [0.15, 0.2) is 0 Å². The third-order valence-electron chi connectivity index (χ3n) is 4.95. The van der Waals surface area contributed by atoms with E-state index in [4.69, 9.17) is 27.4 Å². The van der Waals surface area contributed by atoms with Crippen molar-refractivity contribution in [3.8, 4) is 0 Å². The number of aliphatic hydroxyl groups excluding tert-OH is 1. The number of carboxylic acid groups (broad SMARTS) is 2. The zero-order valence-electron chi connectivity index (χ0n) is 19.2. The number of nitrogens with two attached hydrogens (primary N) is 3. The maximum Gasteiger partial charge on any atom is 0.326 e. The summed E-state index contributed by atoms with van der Waals surface area (Å²) in [5, 5.41) is 34.5. The maximum absolute atomic E-state index is 12.8. The molecule has 4 atom stereocenters. The second-order valence-corrected chi connectivity index (χ2v) is 7.81. The molecule has 0 aliphatic carbocycles. The van der Waals surface area contributed by atoms with Gasteiger partial charge in [0.2, 0.25) is 17.7 Å². The number of aliphatic hydroxyl groups is 1. The van der Waals surface area contributed by atoms with Gasteiger partial charge in [-0.1, -0.05) is 0 Å². The summed E-state index contributed by atoms with van der Waals surface area (Å²) in [5.74, 6) is -4.90. The summed E-state index contributed by atoms with van der Waals surface area (Å²) in [6.07, 6.45) is 1.59. The molecule has 0 radical (unpaired) electrons. The van der Waals surface area contributed by atoms with Gasteiger partial charge in [0.05, 0.1) is 6.61 Å². The summed E-state index contributed by atoms with van der Waals surface area (Å²) in [6, 6.07) is -5.00. The number of hydrogen-bond acceptors (Lipinski definition) is 9. The number of carbonyl (C=O) groups is 5. The molecule has 0 saturated carbocycles. The summed E-state index contributed by atoms with van der Waals surface area (Å²) in [6.45, 7) is 0.0286. The number of carbonyl (C=O) groups excluding carboxylic acids is 3. The monoisotopic (exact) mass is 490 g/mol. The molecule has 12 N–H and O–H groups in total. The molecule has 0 spiro atoms. The lowest BCUT2D eigenvalue weighted by Crippen LogP contribution is -2.57. The zero-order valence-corrected chi connectivity index (χ0v) is 19.2. The first-order valence-corrected chi connectivity index (χ1v) is 11.2. The Morgan fingerprint density at radius 2 is 1.12 bits per heavy atom. The van der Waals surface area contributed by atoms with Crippen LogP contribution >= 0.6 is 0 Å². The topological polar surface area (TPSA) is 260 Å². The maximum atomic E-state index is 12.8. The Balaban J connectivity index is 5.47. The number of carboxylic acids is 2. The van der Waals surface area contributed by atoms with Gasteiger partial charge in [-0.25, -0.2) is 4.79 Å². The summed E-state index contributed by atoms with van der Waals surface area (Å²) in [5.41, 5.74) is 16.3. The van der Waals surface area contributed by atoms with E-state index < -0.39 is 66.9 Å². The predicted octanol–water partition coefficient (Wildman–Crippen LogP) is -3.03. The standard InChI is InChI=1S/C20H38N6O8/c21-9-3-1-5-13(18(31)26-15(20(33)34)6-2-4-10-22)25-19(32)14(7-8-16(28)29)24-17(30)12(23)11-27/h12-15,27H,1-11,21-23H2,(H,24,30)(H,25,32)(H,26,31)(H,28,29)(H,33,34). The first-order chi connectivity index (χ1) is 16.1. The molecule has 0 fully saturated rings.